The minimum atomic E-state index is -1.60. The maximum atomic E-state index is 13.2. The van der Waals surface area contributed by atoms with E-state index in [1.807, 2.05) is 12.1 Å². The van der Waals surface area contributed by atoms with Crippen molar-refractivity contribution in [3.63, 3.8) is 0 Å². The summed E-state index contributed by atoms with van der Waals surface area (Å²) >= 11 is 4.49. The Bertz CT molecular complexity index is 928. The van der Waals surface area contributed by atoms with Crippen LogP contribution in [0.15, 0.2) is 28.7 Å². The summed E-state index contributed by atoms with van der Waals surface area (Å²) in [7, 11) is 0. The highest BCUT2D eigenvalue weighted by Gasteiger charge is 2.68. The molecule has 3 amide bonds. The summed E-state index contributed by atoms with van der Waals surface area (Å²) < 4.78 is 11.5. The summed E-state index contributed by atoms with van der Waals surface area (Å²) in [4.78, 5) is 50.2. The minimum absolute atomic E-state index is 0.0375. The van der Waals surface area contributed by atoms with Gasteiger partial charge in [-0.1, -0.05) is 28.1 Å². The average molecular weight is 530 g/mol. The molecule has 12 heteroatoms. The van der Waals surface area contributed by atoms with E-state index in [4.69, 9.17) is 15.2 Å². The Morgan fingerprint density at radius 1 is 1.34 bits per heavy atom. The average Bonchev–Trinajstić information content (AvgIpc) is 2.72. The summed E-state index contributed by atoms with van der Waals surface area (Å²) in [6.07, 6.45) is -1.42. The molecule has 0 bridgehead atoms. The molecule has 2 fully saturated rings. The number of carbonyl (C=O) groups excluding carboxylic acids is 3. The third kappa shape index (κ3) is 4.71. The van der Waals surface area contributed by atoms with Crippen LogP contribution in [0, 0.1) is 5.41 Å². The van der Waals surface area contributed by atoms with Gasteiger partial charge in [0, 0.05) is 16.8 Å². The van der Waals surface area contributed by atoms with E-state index in [-0.39, 0.29) is 24.8 Å². The molecule has 0 aliphatic carbocycles. The first-order valence-corrected chi connectivity index (χ1v) is 11.6. The van der Waals surface area contributed by atoms with Crippen LogP contribution in [-0.2, 0) is 30.3 Å². The number of ether oxygens (including phenoxy) is 2. The fourth-order valence-electron chi connectivity index (χ4n) is 3.70. The van der Waals surface area contributed by atoms with Crippen LogP contribution in [0.25, 0.3) is 0 Å². The van der Waals surface area contributed by atoms with Crippen LogP contribution in [0.1, 0.15) is 19.4 Å². The van der Waals surface area contributed by atoms with Crippen LogP contribution in [-0.4, -0.2) is 70.0 Å². The monoisotopic (exact) mass is 529 g/mol. The topological polar surface area (TPSA) is 148 Å². The number of primary amides is 1. The number of nitrogens with zero attached hydrogens (tertiary/aromatic N) is 1. The normalized spacial score (nSPS) is 26.8. The lowest BCUT2D eigenvalue weighted by Crippen LogP contribution is -2.83. The van der Waals surface area contributed by atoms with E-state index in [1.165, 1.54) is 4.90 Å². The second kappa shape index (κ2) is 9.28. The molecule has 1 aromatic rings. The predicted molar refractivity (Wildman–Crippen MR) is 119 cm³/mol. The van der Waals surface area contributed by atoms with Gasteiger partial charge in [-0.05, 0) is 31.5 Å². The first kappa shape index (κ1) is 24.3. The van der Waals surface area contributed by atoms with Gasteiger partial charge in [-0.25, -0.2) is 4.79 Å². The zero-order valence-electron chi connectivity index (χ0n) is 17.5. The Morgan fingerprint density at radius 3 is 2.56 bits per heavy atom. The number of benzene rings is 1. The van der Waals surface area contributed by atoms with Crippen molar-refractivity contribution < 1.29 is 33.8 Å². The summed E-state index contributed by atoms with van der Waals surface area (Å²) in [5.74, 6) is -2.11. The number of rotatable bonds is 8. The van der Waals surface area contributed by atoms with Crippen molar-refractivity contribution in [2.24, 2.45) is 11.1 Å². The van der Waals surface area contributed by atoms with Gasteiger partial charge >= 0.3 is 12.1 Å². The van der Waals surface area contributed by atoms with E-state index in [1.54, 1.807) is 26.0 Å². The van der Waals surface area contributed by atoms with Gasteiger partial charge < -0.3 is 30.5 Å². The number of carboxylic acid groups (broad SMARTS) is 1. The number of hydrogen-bond donors (Lipinski definition) is 3. The fourth-order valence-corrected chi connectivity index (χ4v) is 5.54. The Balaban J connectivity index is 1.77. The van der Waals surface area contributed by atoms with Gasteiger partial charge in [0.25, 0.3) is 11.6 Å². The molecule has 3 rings (SSSR count). The molecule has 2 heterocycles. The van der Waals surface area contributed by atoms with Crippen LogP contribution in [0.3, 0.4) is 0 Å². The van der Waals surface area contributed by atoms with Crippen molar-refractivity contribution in [2.75, 3.05) is 18.9 Å². The van der Waals surface area contributed by atoms with Gasteiger partial charge in [-0.2, -0.15) is 0 Å². The van der Waals surface area contributed by atoms with Gasteiger partial charge in [0.1, 0.15) is 17.4 Å². The first-order valence-electron chi connectivity index (χ1n) is 9.81. The van der Waals surface area contributed by atoms with Gasteiger partial charge in [0.2, 0.25) is 5.91 Å². The number of hydrogen-bond acceptors (Lipinski definition) is 7. The smallest absolute Gasteiger partial charge is 0.404 e. The molecular formula is C20H24BrN3O7S. The number of nitrogens with one attached hydrogen (secondary N) is 1. The number of thioether (sulfide) groups is 1. The minimum Gasteiger partial charge on any atom is -0.481 e. The van der Waals surface area contributed by atoms with Crippen LogP contribution >= 0.6 is 27.7 Å². The number of carbonyl (C=O) groups is 4. The number of aliphatic carboxylic acids is 1. The zero-order chi connectivity index (χ0) is 23.7. The molecule has 10 nitrogen and oxygen atoms in total. The Kier molecular flexibility index (Phi) is 7.06. The molecule has 3 atom stereocenters. The van der Waals surface area contributed by atoms with Gasteiger partial charge in [-0.15, -0.1) is 11.8 Å². The molecule has 0 aromatic heterocycles. The number of amides is 3. The molecule has 0 radical (unpaired) electrons. The van der Waals surface area contributed by atoms with Gasteiger partial charge in [0.15, 0.2) is 0 Å². The lowest BCUT2D eigenvalue weighted by molar-refractivity contribution is -0.215. The molecule has 174 valence electrons. The van der Waals surface area contributed by atoms with Crippen molar-refractivity contribution in [3.05, 3.63) is 34.3 Å². The standard InChI is InChI=1S/C20H24BrN3O7S/c1-11(2)31-20(23-14(25)7-12-3-5-13(21)6-4-12)15(26)24-8-19(17(27)28,9-30-18(22)29)10-32-16(20)24/h3-6,11,16H,7-10H2,1-2H3,(H2,22,29)(H,23,25)(H,27,28)/t16-,19?,20?/m1/s1. The van der Waals surface area contributed by atoms with Gasteiger partial charge in [-0.3, -0.25) is 14.4 Å². The third-order valence-electron chi connectivity index (χ3n) is 5.17. The van der Waals surface area contributed by atoms with E-state index in [9.17, 15) is 24.3 Å². The fraction of sp³-hybridized carbons (Fsp3) is 0.500. The van der Waals surface area contributed by atoms with Crippen LogP contribution in [0.4, 0.5) is 4.79 Å². The number of nitrogens with two attached hydrogens (primary N) is 1. The number of carboxylic acids is 1. The maximum absolute atomic E-state index is 13.2. The molecule has 0 spiro atoms. The van der Waals surface area contributed by atoms with E-state index >= 15 is 0 Å². The van der Waals surface area contributed by atoms with E-state index < -0.39 is 47.0 Å². The highest BCUT2D eigenvalue weighted by molar-refractivity contribution is 9.10. The van der Waals surface area contributed by atoms with E-state index in [0.29, 0.717) is 0 Å². The van der Waals surface area contributed by atoms with Crippen molar-refractivity contribution in [1.82, 2.24) is 10.2 Å². The Hall–Kier alpha value is -2.31. The van der Waals surface area contributed by atoms with Crippen molar-refractivity contribution in [3.8, 4) is 0 Å². The zero-order valence-corrected chi connectivity index (χ0v) is 19.9. The second-order valence-electron chi connectivity index (χ2n) is 8.04. The van der Waals surface area contributed by atoms with Gasteiger partial charge in [0.05, 0.1) is 12.5 Å². The van der Waals surface area contributed by atoms with Crippen LogP contribution < -0.4 is 11.1 Å². The third-order valence-corrected chi connectivity index (χ3v) is 7.32. The molecule has 32 heavy (non-hydrogen) atoms. The lowest BCUT2D eigenvalue weighted by atomic mass is 9.87. The first-order chi connectivity index (χ1) is 15.0. The number of halogens is 1. The summed E-state index contributed by atoms with van der Waals surface area (Å²) in [5.41, 5.74) is 2.65. The molecule has 2 unspecified atom stereocenters. The van der Waals surface area contributed by atoms with E-state index in [0.717, 1.165) is 21.8 Å². The molecule has 0 saturated carbocycles. The lowest BCUT2D eigenvalue weighted by Gasteiger charge is -2.59. The molecule has 2 saturated heterocycles. The highest BCUT2D eigenvalue weighted by Crippen LogP contribution is 2.48. The van der Waals surface area contributed by atoms with E-state index in [2.05, 4.69) is 21.2 Å². The molecule has 2 aliphatic heterocycles. The van der Waals surface area contributed by atoms with Crippen molar-refractivity contribution >= 4 is 51.6 Å². The number of β-lactam (4-membered cyclic amide) rings is 1. The Labute approximate surface area is 197 Å². The predicted octanol–water partition coefficient (Wildman–Crippen LogP) is 1.31. The molecular weight excluding hydrogens is 506 g/mol. The molecule has 2 aliphatic rings. The summed E-state index contributed by atoms with van der Waals surface area (Å²) in [6, 6.07) is 7.22. The van der Waals surface area contributed by atoms with Crippen molar-refractivity contribution in [1.29, 1.82) is 0 Å². The molecule has 4 N–H and O–H groups in total. The SMILES string of the molecule is CC(C)OC1(NC(=O)Cc2ccc(Br)cc2)C(=O)N2CC(COC(N)=O)(C(=O)O)CS[C@@H]21. The Morgan fingerprint density at radius 2 is 2.00 bits per heavy atom. The molecule has 1 aromatic carbocycles. The largest absolute Gasteiger partial charge is 0.481 e. The summed E-state index contributed by atoms with van der Waals surface area (Å²) in [6.45, 7) is 2.83. The highest BCUT2D eigenvalue weighted by atomic mass is 79.9. The van der Waals surface area contributed by atoms with Crippen molar-refractivity contribution in [2.45, 2.75) is 37.5 Å². The second-order valence-corrected chi connectivity index (χ2v) is 10.0. The maximum Gasteiger partial charge on any atom is 0.404 e. The van der Waals surface area contributed by atoms with Crippen LogP contribution in [0.2, 0.25) is 0 Å². The summed E-state index contributed by atoms with van der Waals surface area (Å²) in [5, 5.41) is 11.9. The number of fused-ring (bicyclic) bond motifs is 1. The quantitative estimate of drug-likeness (QED) is 0.337. The van der Waals surface area contributed by atoms with Crippen LogP contribution in [0.5, 0.6) is 0 Å².